The predicted molar refractivity (Wildman–Crippen MR) is 130 cm³/mol. The average molecular weight is 527 g/mol. The van der Waals surface area contributed by atoms with Crippen molar-refractivity contribution in [1.82, 2.24) is 15.1 Å². The van der Waals surface area contributed by atoms with Crippen molar-refractivity contribution in [3.05, 3.63) is 33.7 Å². The van der Waals surface area contributed by atoms with Gasteiger partial charge in [0.25, 0.3) is 11.6 Å². The molecule has 3 N–H and O–H groups in total. The third-order valence-electron chi connectivity index (χ3n) is 5.79. The molecule has 1 aromatic heterocycles. The van der Waals surface area contributed by atoms with E-state index in [9.17, 15) is 19.2 Å². The molecule has 11 nitrogen and oxygen atoms in total. The molecule has 2 unspecified atom stereocenters. The Morgan fingerprint density at radius 3 is 2.63 bits per heavy atom. The smallest absolute Gasteiger partial charge is 0.404 e. The van der Waals surface area contributed by atoms with Gasteiger partial charge in [-0.3, -0.25) is 14.5 Å². The van der Waals surface area contributed by atoms with E-state index in [0.29, 0.717) is 12.1 Å². The number of carbonyl (C=O) groups excluding carboxylic acids is 4. The highest BCUT2D eigenvalue weighted by molar-refractivity contribution is 8.00. The molecular formula is C22H30N4O7S2. The standard InChI is InChI=1S/C22H30N4O7S2/c1-4-25(5-2)8-9-32-18(28)17-14(12-33-21(23)30)13-35-20-22(31-3,19(29)26(17)20)24-16(27)11-15-7-6-10-34-15/h6-7,10,20H,4-5,8-9,11-13H2,1-3H3,(H2,23,30)(H,24,27). The van der Waals surface area contributed by atoms with Gasteiger partial charge in [0.2, 0.25) is 5.91 Å². The van der Waals surface area contributed by atoms with E-state index < -0.39 is 29.1 Å². The minimum absolute atomic E-state index is 0.0141. The second-order valence-corrected chi connectivity index (χ2v) is 9.91. The number of primary amides is 1. The van der Waals surface area contributed by atoms with Crippen LogP contribution in [0.5, 0.6) is 0 Å². The van der Waals surface area contributed by atoms with Crippen LogP contribution in [0.3, 0.4) is 0 Å². The number of esters is 1. The van der Waals surface area contributed by atoms with Crippen LogP contribution in [0.2, 0.25) is 0 Å². The van der Waals surface area contributed by atoms with Gasteiger partial charge >= 0.3 is 12.1 Å². The summed E-state index contributed by atoms with van der Waals surface area (Å²) < 4.78 is 15.9. The number of nitrogens with two attached hydrogens (primary N) is 1. The van der Waals surface area contributed by atoms with E-state index in [0.717, 1.165) is 18.0 Å². The second kappa shape index (κ2) is 11.9. The number of ether oxygens (including phenoxy) is 3. The Bertz CT molecular complexity index is 980. The molecule has 0 aromatic carbocycles. The van der Waals surface area contributed by atoms with Gasteiger partial charge < -0.3 is 30.2 Å². The molecule has 1 aromatic rings. The zero-order chi connectivity index (χ0) is 25.6. The molecule has 1 saturated heterocycles. The second-order valence-electron chi connectivity index (χ2n) is 7.81. The summed E-state index contributed by atoms with van der Waals surface area (Å²) in [5.41, 5.74) is 3.85. The minimum Gasteiger partial charge on any atom is -0.460 e. The molecule has 0 aliphatic carbocycles. The molecule has 3 amide bonds. The molecule has 0 saturated carbocycles. The number of rotatable bonds is 12. The Labute approximate surface area is 211 Å². The van der Waals surface area contributed by atoms with Crippen molar-refractivity contribution in [2.75, 3.05) is 45.7 Å². The SMILES string of the molecule is CCN(CC)CCOC(=O)C1=C(COC(N)=O)CSC2N1C(=O)C2(NC(=O)Cc1cccs1)OC. The molecule has 0 radical (unpaired) electrons. The van der Waals surface area contributed by atoms with Gasteiger partial charge in [0.15, 0.2) is 0 Å². The van der Waals surface area contributed by atoms with Crippen LogP contribution in [0.4, 0.5) is 4.79 Å². The molecule has 13 heteroatoms. The third-order valence-corrected chi connectivity index (χ3v) is 8.04. The lowest BCUT2D eigenvalue weighted by molar-refractivity contribution is -0.193. The van der Waals surface area contributed by atoms with Gasteiger partial charge in [-0.2, -0.15) is 0 Å². The molecule has 1 fully saturated rings. The van der Waals surface area contributed by atoms with Gasteiger partial charge in [0, 0.05) is 29.9 Å². The third kappa shape index (κ3) is 5.80. The van der Waals surface area contributed by atoms with E-state index >= 15 is 0 Å². The quantitative estimate of drug-likeness (QED) is 0.231. The fourth-order valence-electron chi connectivity index (χ4n) is 3.90. The van der Waals surface area contributed by atoms with E-state index in [1.807, 2.05) is 31.4 Å². The van der Waals surface area contributed by atoms with E-state index in [1.165, 1.54) is 35.1 Å². The molecular weight excluding hydrogens is 496 g/mol. The molecule has 2 atom stereocenters. The summed E-state index contributed by atoms with van der Waals surface area (Å²) in [6.45, 7) is 6.02. The Morgan fingerprint density at radius 2 is 2.03 bits per heavy atom. The van der Waals surface area contributed by atoms with E-state index in [4.69, 9.17) is 19.9 Å². The monoisotopic (exact) mass is 526 g/mol. The maximum absolute atomic E-state index is 13.4. The van der Waals surface area contributed by atoms with Crippen LogP contribution in [-0.4, -0.2) is 90.5 Å². The lowest BCUT2D eigenvalue weighted by Crippen LogP contribution is -2.80. The fourth-order valence-corrected chi connectivity index (χ4v) is 6.02. The van der Waals surface area contributed by atoms with Crippen LogP contribution in [0.15, 0.2) is 28.8 Å². The van der Waals surface area contributed by atoms with Gasteiger partial charge in [0.1, 0.15) is 24.3 Å². The van der Waals surface area contributed by atoms with Gasteiger partial charge in [-0.25, -0.2) is 9.59 Å². The van der Waals surface area contributed by atoms with Crippen molar-refractivity contribution in [3.8, 4) is 0 Å². The number of hydrogen-bond donors (Lipinski definition) is 2. The summed E-state index contributed by atoms with van der Waals surface area (Å²) in [5.74, 6) is -1.45. The summed E-state index contributed by atoms with van der Waals surface area (Å²) in [6.07, 6.45) is -0.901. The molecule has 3 rings (SSSR count). The summed E-state index contributed by atoms with van der Waals surface area (Å²) in [6, 6.07) is 3.67. The Kier molecular flexibility index (Phi) is 9.16. The van der Waals surface area contributed by atoms with Crippen LogP contribution in [-0.2, 0) is 35.0 Å². The maximum Gasteiger partial charge on any atom is 0.404 e. The van der Waals surface area contributed by atoms with E-state index in [2.05, 4.69) is 10.2 Å². The summed E-state index contributed by atoms with van der Waals surface area (Å²) >= 11 is 2.71. The first kappa shape index (κ1) is 27.0. The Balaban J connectivity index is 1.79. The molecule has 3 heterocycles. The van der Waals surface area contributed by atoms with Gasteiger partial charge in [-0.1, -0.05) is 19.9 Å². The highest BCUT2D eigenvalue weighted by Gasteiger charge is 2.66. The number of β-lactam (4-membered cyclic amide) rings is 1. The number of methoxy groups -OCH3 is 1. The van der Waals surface area contributed by atoms with Crippen LogP contribution in [0.1, 0.15) is 18.7 Å². The summed E-state index contributed by atoms with van der Waals surface area (Å²) in [7, 11) is 1.33. The fraction of sp³-hybridized carbons (Fsp3) is 0.545. The average Bonchev–Trinajstić information content (AvgIpc) is 3.35. The predicted octanol–water partition coefficient (Wildman–Crippen LogP) is 0.899. The van der Waals surface area contributed by atoms with E-state index in [1.54, 1.807) is 0 Å². The normalized spacial score (nSPS) is 21.4. The number of nitrogens with one attached hydrogen (secondary N) is 1. The number of fused-ring (bicyclic) bond motifs is 1. The van der Waals surface area contributed by atoms with Gasteiger partial charge in [-0.15, -0.1) is 23.1 Å². The number of amides is 3. The van der Waals surface area contributed by atoms with Crippen LogP contribution >= 0.6 is 23.1 Å². The minimum atomic E-state index is -1.62. The maximum atomic E-state index is 13.4. The van der Waals surface area contributed by atoms with Crippen molar-refractivity contribution in [3.63, 3.8) is 0 Å². The molecule has 0 bridgehead atoms. The Morgan fingerprint density at radius 1 is 1.29 bits per heavy atom. The number of thiophene rings is 1. The van der Waals surface area contributed by atoms with Crippen LogP contribution < -0.4 is 11.1 Å². The molecule has 0 spiro atoms. The Hall–Kier alpha value is -2.61. The summed E-state index contributed by atoms with van der Waals surface area (Å²) in [4.78, 5) is 54.4. The van der Waals surface area contributed by atoms with Crippen molar-refractivity contribution in [2.45, 2.75) is 31.4 Å². The van der Waals surface area contributed by atoms with Crippen LogP contribution in [0.25, 0.3) is 0 Å². The van der Waals surface area contributed by atoms with Gasteiger partial charge in [-0.05, 0) is 24.5 Å². The lowest BCUT2D eigenvalue weighted by atomic mass is 9.98. The molecule has 2 aliphatic heterocycles. The number of nitrogens with zero attached hydrogens (tertiary/aromatic N) is 2. The van der Waals surface area contributed by atoms with Crippen molar-refractivity contribution in [2.24, 2.45) is 5.73 Å². The number of likely N-dealkylation sites (N-methyl/N-ethyl adjacent to an activating group) is 1. The van der Waals surface area contributed by atoms with Crippen molar-refractivity contribution >= 4 is 47.0 Å². The zero-order valence-electron chi connectivity index (χ0n) is 19.9. The largest absolute Gasteiger partial charge is 0.460 e. The lowest BCUT2D eigenvalue weighted by Gasteiger charge is -2.55. The van der Waals surface area contributed by atoms with E-state index in [-0.39, 0.29) is 37.0 Å². The van der Waals surface area contributed by atoms with Gasteiger partial charge in [0.05, 0.1) is 6.42 Å². The van der Waals surface area contributed by atoms with Crippen LogP contribution in [0, 0.1) is 0 Å². The number of hydrogen-bond acceptors (Lipinski definition) is 10. The molecule has 192 valence electrons. The molecule has 35 heavy (non-hydrogen) atoms. The van der Waals surface area contributed by atoms with Crippen molar-refractivity contribution < 1.29 is 33.4 Å². The summed E-state index contributed by atoms with van der Waals surface area (Å²) in [5, 5.41) is 3.87. The number of thioether (sulfide) groups is 1. The first-order valence-corrected chi connectivity index (χ1v) is 13.1. The first-order valence-electron chi connectivity index (χ1n) is 11.1. The van der Waals surface area contributed by atoms with Crippen molar-refractivity contribution in [1.29, 1.82) is 0 Å². The topological polar surface area (TPSA) is 140 Å². The highest BCUT2D eigenvalue weighted by Crippen LogP contribution is 2.46. The first-order chi connectivity index (χ1) is 16.8. The zero-order valence-corrected chi connectivity index (χ0v) is 21.5. The number of carbonyl (C=O) groups is 4. The highest BCUT2D eigenvalue weighted by atomic mass is 32.2. The molecule has 2 aliphatic rings.